The Morgan fingerprint density at radius 3 is 2.49 bits per heavy atom. The van der Waals surface area contributed by atoms with Crippen molar-refractivity contribution in [2.45, 2.75) is 38.5 Å². The number of hydrogen-bond acceptors (Lipinski definition) is 8. The molecule has 2 aliphatic heterocycles. The van der Waals surface area contributed by atoms with Crippen LogP contribution < -0.4 is 19.9 Å². The van der Waals surface area contributed by atoms with Gasteiger partial charge in [0.1, 0.15) is 35.4 Å². The van der Waals surface area contributed by atoms with Gasteiger partial charge in [-0.15, -0.1) is 0 Å². The molecule has 0 amide bonds. The monoisotopic (exact) mass is 503 g/mol. The van der Waals surface area contributed by atoms with Crippen LogP contribution in [-0.2, 0) is 11.8 Å². The highest BCUT2D eigenvalue weighted by atomic mass is 19.1. The van der Waals surface area contributed by atoms with Gasteiger partial charge >= 0.3 is 0 Å². The van der Waals surface area contributed by atoms with E-state index in [-0.39, 0.29) is 11.2 Å². The summed E-state index contributed by atoms with van der Waals surface area (Å²) >= 11 is 0. The molecule has 1 aromatic carbocycles. The van der Waals surface area contributed by atoms with Crippen LogP contribution in [-0.4, -0.2) is 53.7 Å². The van der Waals surface area contributed by atoms with Gasteiger partial charge in [0, 0.05) is 55.8 Å². The van der Waals surface area contributed by atoms with E-state index in [1.54, 1.807) is 13.4 Å². The van der Waals surface area contributed by atoms with Gasteiger partial charge in [0.15, 0.2) is 0 Å². The Labute approximate surface area is 217 Å². The van der Waals surface area contributed by atoms with Crippen molar-refractivity contribution in [1.82, 2.24) is 19.9 Å². The summed E-state index contributed by atoms with van der Waals surface area (Å²) in [6.45, 7) is 7.15. The number of halogens is 1. The molecule has 3 aliphatic rings. The van der Waals surface area contributed by atoms with Gasteiger partial charge in [-0.2, -0.15) is 0 Å². The number of rotatable bonds is 6. The minimum Gasteiger partial charge on any atom is -0.481 e. The molecule has 3 aromatic rings. The van der Waals surface area contributed by atoms with E-state index in [0.29, 0.717) is 23.6 Å². The van der Waals surface area contributed by atoms with Crippen LogP contribution in [0.5, 0.6) is 5.88 Å². The van der Waals surface area contributed by atoms with Crippen molar-refractivity contribution in [2.75, 3.05) is 48.9 Å². The molecule has 2 fully saturated rings. The summed E-state index contributed by atoms with van der Waals surface area (Å²) in [6, 6.07) is 8.62. The number of hydrogen-bond donors (Lipinski definition) is 1. The Kier molecular flexibility index (Phi) is 5.88. The Morgan fingerprint density at radius 1 is 1.08 bits per heavy atom. The molecule has 4 heterocycles. The molecule has 0 radical (unpaired) electrons. The molecule has 37 heavy (non-hydrogen) atoms. The first-order valence-electron chi connectivity index (χ1n) is 13.1. The maximum atomic E-state index is 13.6. The van der Waals surface area contributed by atoms with Gasteiger partial charge in [-0.05, 0) is 54.9 Å². The molecule has 9 heteroatoms. The number of ether oxygens (including phenoxy) is 1. The normalized spacial score (nSPS) is 23.8. The SMILES string of the molecule is CNc1nc(CC2C3CCC2CN(c2cc(OC)ncn2)C3)nc2c1C(C)(C)CN2c1ccc(F)cc1. The first-order chi connectivity index (χ1) is 17.9. The number of fused-ring (bicyclic) bond motifs is 3. The molecule has 2 bridgehead atoms. The van der Waals surface area contributed by atoms with Crippen molar-refractivity contribution >= 4 is 23.1 Å². The van der Waals surface area contributed by atoms with Gasteiger partial charge in [-0.1, -0.05) is 13.8 Å². The lowest BCUT2D eigenvalue weighted by molar-refractivity contribution is 0.264. The molecule has 1 N–H and O–H groups in total. The van der Waals surface area contributed by atoms with Crippen LogP contribution in [0.3, 0.4) is 0 Å². The average molecular weight is 504 g/mol. The summed E-state index contributed by atoms with van der Waals surface area (Å²) in [5.41, 5.74) is 1.94. The smallest absolute Gasteiger partial charge is 0.218 e. The number of benzene rings is 1. The number of methoxy groups -OCH3 is 1. The zero-order valence-electron chi connectivity index (χ0n) is 21.9. The molecular formula is C28H34FN7O. The Morgan fingerprint density at radius 2 is 1.81 bits per heavy atom. The number of nitrogens with one attached hydrogen (secondary N) is 1. The van der Waals surface area contributed by atoms with Gasteiger partial charge in [0.05, 0.1) is 7.11 Å². The molecule has 1 saturated heterocycles. The highest BCUT2D eigenvalue weighted by molar-refractivity contribution is 5.74. The number of nitrogens with zero attached hydrogens (tertiary/aromatic N) is 6. The first-order valence-corrected chi connectivity index (χ1v) is 13.1. The molecule has 1 saturated carbocycles. The molecule has 2 unspecified atom stereocenters. The van der Waals surface area contributed by atoms with E-state index in [1.807, 2.05) is 25.2 Å². The third-order valence-corrected chi connectivity index (χ3v) is 8.41. The number of anilines is 4. The zero-order valence-corrected chi connectivity index (χ0v) is 21.9. The van der Waals surface area contributed by atoms with Crippen molar-refractivity contribution in [2.24, 2.45) is 17.8 Å². The fraction of sp³-hybridized carbons (Fsp3) is 0.500. The highest BCUT2D eigenvalue weighted by Gasteiger charge is 2.44. The fourth-order valence-corrected chi connectivity index (χ4v) is 6.65. The van der Waals surface area contributed by atoms with E-state index in [0.717, 1.165) is 60.6 Å². The van der Waals surface area contributed by atoms with E-state index < -0.39 is 0 Å². The lowest BCUT2D eigenvalue weighted by Crippen LogP contribution is -2.43. The molecule has 2 atom stereocenters. The van der Waals surface area contributed by atoms with Gasteiger partial charge in [-0.25, -0.2) is 24.3 Å². The third kappa shape index (κ3) is 4.24. The molecule has 0 spiro atoms. The van der Waals surface area contributed by atoms with Crippen molar-refractivity contribution in [1.29, 1.82) is 0 Å². The van der Waals surface area contributed by atoms with Crippen LogP contribution in [0.1, 0.15) is 38.1 Å². The predicted octanol–water partition coefficient (Wildman–Crippen LogP) is 4.59. The number of aromatic nitrogens is 4. The van der Waals surface area contributed by atoms with Crippen LogP contribution in [0.25, 0.3) is 0 Å². The van der Waals surface area contributed by atoms with Crippen LogP contribution in [0, 0.1) is 23.6 Å². The Bertz CT molecular complexity index is 1280. The minimum atomic E-state index is -0.232. The summed E-state index contributed by atoms with van der Waals surface area (Å²) in [5.74, 6) is 5.69. The predicted molar refractivity (Wildman–Crippen MR) is 142 cm³/mol. The third-order valence-electron chi connectivity index (χ3n) is 8.41. The summed E-state index contributed by atoms with van der Waals surface area (Å²) < 4.78 is 19.0. The topological polar surface area (TPSA) is 79.3 Å². The van der Waals surface area contributed by atoms with Crippen LogP contribution in [0.15, 0.2) is 36.7 Å². The standard InChI is InChI=1S/C28H34FN7O/c1-28(2)15-36(20-9-7-19(29)8-10-20)27-25(28)26(30-3)33-22(34-27)11-21-17-5-6-18(21)14-35(13-17)23-12-24(37-4)32-16-31-23/h7-10,12,16-18,21H,5-6,11,13-15H2,1-4H3,(H,30,33,34). The van der Waals surface area contributed by atoms with Crippen LogP contribution in [0.2, 0.25) is 0 Å². The molecular weight excluding hydrogens is 469 g/mol. The molecule has 194 valence electrons. The maximum Gasteiger partial charge on any atom is 0.218 e. The summed E-state index contributed by atoms with van der Waals surface area (Å²) in [6.07, 6.45) is 4.86. The Balaban J connectivity index is 1.28. The van der Waals surface area contributed by atoms with E-state index in [9.17, 15) is 4.39 Å². The quantitative estimate of drug-likeness (QED) is 0.523. The van der Waals surface area contributed by atoms with Gasteiger partial charge in [0.2, 0.25) is 5.88 Å². The summed E-state index contributed by atoms with van der Waals surface area (Å²) in [7, 11) is 3.57. The molecule has 6 rings (SSSR count). The highest BCUT2D eigenvalue weighted by Crippen LogP contribution is 2.48. The summed E-state index contributed by atoms with van der Waals surface area (Å²) in [4.78, 5) is 23.4. The average Bonchev–Trinajstić information content (AvgIpc) is 3.29. The van der Waals surface area contributed by atoms with Gasteiger partial charge in [-0.3, -0.25) is 0 Å². The molecule has 8 nitrogen and oxygen atoms in total. The second kappa shape index (κ2) is 9.11. The van der Waals surface area contributed by atoms with Gasteiger partial charge < -0.3 is 19.9 Å². The van der Waals surface area contributed by atoms with E-state index in [4.69, 9.17) is 14.7 Å². The van der Waals surface area contributed by atoms with Crippen molar-refractivity contribution in [3.8, 4) is 5.88 Å². The van der Waals surface area contributed by atoms with E-state index >= 15 is 0 Å². The molecule has 2 aromatic heterocycles. The van der Waals surface area contributed by atoms with Crippen LogP contribution in [0.4, 0.5) is 27.5 Å². The fourth-order valence-electron chi connectivity index (χ4n) is 6.65. The number of piperidine rings is 1. The zero-order chi connectivity index (χ0) is 25.7. The second-order valence-corrected chi connectivity index (χ2v) is 11.2. The lowest BCUT2D eigenvalue weighted by atomic mass is 9.82. The first kappa shape index (κ1) is 23.9. The lowest BCUT2D eigenvalue weighted by Gasteiger charge is -2.38. The molecule has 1 aliphatic carbocycles. The Hall–Kier alpha value is -3.49. The summed E-state index contributed by atoms with van der Waals surface area (Å²) in [5, 5.41) is 3.35. The van der Waals surface area contributed by atoms with Crippen molar-refractivity contribution in [3.63, 3.8) is 0 Å². The largest absolute Gasteiger partial charge is 0.481 e. The van der Waals surface area contributed by atoms with Crippen molar-refractivity contribution < 1.29 is 9.13 Å². The maximum absolute atomic E-state index is 13.6. The van der Waals surface area contributed by atoms with E-state index in [2.05, 4.69) is 38.9 Å². The van der Waals surface area contributed by atoms with Crippen LogP contribution >= 0.6 is 0 Å². The second-order valence-electron chi connectivity index (χ2n) is 11.2. The van der Waals surface area contributed by atoms with E-state index in [1.165, 1.54) is 25.0 Å². The van der Waals surface area contributed by atoms with Crippen molar-refractivity contribution in [3.05, 3.63) is 53.9 Å². The van der Waals surface area contributed by atoms with Gasteiger partial charge in [0.25, 0.3) is 0 Å². The minimum absolute atomic E-state index is 0.135.